The average molecular weight is 308 g/mol. The highest BCUT2D eigenvalue weighted by molar-refractivity contribution is 6.30. The lowest BCUT2D eigenvalue weighted by atomic mass is 9.51. The van der Waals surface area contributed by atoms with E-state index in [0.29, 0.717) is 23.6 Å². The average Bonchev–Trinajstić information content (AvgIpc) is 2.40. The van der Waals surface area contributed by atoms with Crippen LogP contribution in [0.25, 0.3) is 0 Å². The van der Waals surface area contributed by atoms with Crippen LogP contribution >= 0.6 is 11.6 Å². The summed E-state index contributed by atoms with van der Waals surface area (Å²) in [5.74, 6) is 0. The van der Waals surface area contributed by atoms with Gasteiger partial charge in [-0.25, -0.2) is 0 Å². The summed E-state index contributed by atoms with van der Waals surface area (Å²) in [5, 5.41) is 4.71. The number of hydrogen-bond donors (Lipinski definition) is 1. The zero-order chi connectivity index (χ0) is 14.9. The van der Waals surface area contributed by atoms with Gasteiger partial charge in [-0.2, -0.15) is 0 Å². The molecule has 3 rings (SSSR count). The first-order chi connectivity index (χ1) is 10.2. The van der Waals surface area contributed by atoms with Crippen molar-refractivity contribution < 1.29 is 4.74 Å². The molecule has 0 amide bonds. The quantitative estimate of drug-likeness (QED) is 0.820. The maximum Gasteiger partial charge on any atom is 0.0661 e. The van der Waals surface area contributed by atoms with E-state index in [1.165, 1.54) is 24.8 Å². The van der Waals surface area contributed by atoms with Crippen LogP contribution in [-0.4, -0.2) is 18.8 Å². The van der Waals surface area contributed by atoms with Gasteiger partial charge in [-0.1, -0.05) is 37.1 Å². The maximum atomic E-state index is 6.14. The number of hydrogen-bond acceptors (Lipinski definition) is 2. The van der Waals surface area contributed by atoms with E-state index in [0.717, 1.165) is 24.5 Å². The van der Waals surface area contributed by atoms with Gasteiger partial charge >= 0.3 is 0 Å². The normalized spacial score (nSPS) is 28.0. The van der Waals surface area contributed by atoms with Crippen LogP contribution in [0.3, 0.4) is 0 Å². The predicted octanol–water partition coefficient (Wildman–Crippen LogP) is 4.73. The molecule has 2 saturated carbocycles. The Kier molecular flexibility index (Phi) is 4.58. The van der Waals surface area contributed by atoms with Crippen molar-refractivity contribution in [3.63, 3.8) is 0 Å². The van der Waals surface area contributed by atoms with E-state index in [1.54, 1.807) is 0 Å². The third-order valence-electron chi connectivity index (χ3n) is 5.50. The third kappa shape index (κ3) is 2.74. The minimum Gasteiger partial charge on any atom is -0.378 e. The first-order valence-electron chi connectivity index (χ1n) is 8.32. The van der Waals surface area contributed by atoms with Gasteiger partial charge in [0, 0.05) is 29.1 Å². The van der Waals surface area contributed by atoms with Crippen molar-refractivity contribution in [2.45, 2.75) is 64.1 Å². The second kappa shape index (κ2) is 6.28. The van der Waals surface area contributed by atoms with Crippen LogP contribution < -0.4 is 5.32 Å². The summed E-state index contributed by atoms with van der Waals surface area (Å²) in [4.78, 5) is 0. The Morgan fingerprint density at radius 1 is 1.38 bits per heavy atom. The number of benzene rings is 1. The summed E-state index contributed by atoms with van der Waals surface area (Å²) in [7, 11) is 0. The van der Waals surface area contributed by atoms with Crippen LogP contribution in [0.5, 0.6) is 0 Å². The van der Waals surface area contributed by atoms with Crippen molar-refractivity contribution in [1.29, 1.82) is 0 Å². The standard InChI is InChI=1S/C18H26ClNO/c1-3-15(13-7-5-8-14(19)11-13)20-16-12-17(21-4-2)18(16)9-6-10-18/h5,7-8,11,15-17,20H,3-4,6,9-10,12H2,1-2H3. The van der Waals surface area contributed by atoms with Gasteiger partial charge in [0.05, 0.1) is 6.10 Å². The SMILES string of the molecule is CCOC1CC(NC(CC)c2cccc(Cl)c2)C12CCC2. The Labute approximate surface area is 133 Å². The summed E-state index contributed by atoms with van der Waals surface area (Å²) in [5.41, 5.74) is 1.72. The van der Waals surface area contributed by atoms with Gasteiger partial charge in [0.25, 0.3) is 0 Å². The molecule has 116 valence electrons. The highest BCUT2D eigenvalue weighted by Crippen LogP contribution is 2.57. The molecule has 1 spiro atoms. The van der Waals surface area contributed by atoms with Gasteiger partial charge in [-0.05, 0) is 50.3 Å². The minimum absolute atomic E-state index is 0.397. The molecular formula is C18H26ClNO. The van der Waals surface area contributed by atoms with Crippen molar-refractivity contribution >= 4 is 11.6 Å². The first-order valence-corrected chi connectivity index (χ1v) is 8.70. The zero-order valence-corrected chi connectivity index (χ0v) is 13.8. The first kappa shape index (κ1) is 15.3. The molecule has 3 heteroatoms. The van der Waals surface area contributed by atoms with Gasteiger partial charge < -0.3 is 10.1 Å². The van der Waals surface area contributed by atoms with E-state index in [4.69, 9.17) is 16.3 Å². The van der Waals surface area contributed by atoms with E-state index in [-0.39, 0.29) is 0 Å². The number of ether oxygens (including phenoxy) is 1. The molecule has 2 aliphatic carbocycles. The Morgan fingerprint density at radius 3 is 2.76 bits per heavy atom. The molecule has 3 atom stereocenters. The molecule has 3 unspecified atom stereocenters. The van der Waals surface area contributed by atoms with E-state index < -0.39 is 0 Å². The fourth-order valence-electron chi connectivity index (χ4n) is 4.09. The Balaban J connectivity index is 1.68. The van der Waals surface area contributed by atoms with E-state index >= 15 is 0 Å². The van der Waals surface area contributed by atoms with Gasteiger partial charge in [0.1, 0.15) is 0 Å². The van der Waals surface area contributed by atoms with Gasteiger partial charge in [-0.15, -0.1) is 0 Å². The number of halogens is 1. The van der Waals surface area contributed by atoms with E-state index in [9.17, 15) is 0 Å². The molecule has 2 aliphatic rings. The summed E-state index contributed by atoms with van der Waals surface area (Å²) in [6.45, 7) is 5.18. The lowest BCUT2D eigenvalue weighted by molar-refractivity contribution is -0.175. The summed E-state index contributed by atoms with van der Waals surface area (Å²) < 4.78 is 5.94. The molecule has 1 aromatic carbocycles. The molecule has 21 heavy (non-hydrogen) atoms. The molecule has 0 heterocycles. The van der Waals surface area contributed by atoms with Crippen molar-refractivity contribution in [2.24, 2.45) is 5.41 Å². The molecule has 2 fully saturated rings. The van der Waals surface area contributed by atoms with Crippen LogP contribution in [0.15, 0.2) is 24.3 Å². The Morgan fingerprint density at radius 2 is 2.19 bits per heavy atom. The van der Waals surface area contributed by atoms with Crippen LogP contribution in [0, 0.1) is 5.41 Å². The molecular weight excluding hydrogens is 282 g/mol. The van der Waals surface area contributed by atoms with Crippen LogP contribution in [0.4, 0.5) is 0 Å². The van der Waals surface area contributed by atoms with Crippen LogP contribution in [0.2, 0.25) is 5.02 Å². The fraction of sp³-hybridized carbons (Fsp3) is 0.667. The molecule has 0 saturated heterocycles. The van der Waals surface area contributed by atoms with Crippen LogP contribution in [-0.2, 0) is 4.74 Å². The summed E-state index contributed by atoms with van der Waals surface area (Å²) in [6, 6.07) is 9.26. The summed E-state index contributed by atoms with van der Waals surface area (Å²) in [6.07, 6.45) is 6.72. The molecule has 2 nitrogen and oxygen atoms in total. The summed E-state index contributed by atoms with van der Waals surface area (Å²) >= 11 is 6.14. The fourth-order valence-corrected chi connectivity index (χ4v) is 4.29. The predicted molar refractivity (Wildman–Crippen MR) is 87.7 cm³/mol. The van der Waals surface area contributed by atoms with Gasteiger partial charge in [0.2, 0.25) is 0 Å². The van der Waals surface area contributed by atoms with Crippen molar-refractivity contribution in [1.82, 2.24) is 5.32 Å². The second-order valence-electron chi connectivity index (χ2n) is 6.50. The maximum absolute atomic E-state index is 6.14. The molecule has 1 aromatic rings. The lowest BCUT2D eigenvalue weighted by Gasteiger charge is -2.62. The smallest absolute Gasteiger partial charge is 0.0661 e. The Bertz CT molecular complexity index is 486. The third-order valence-corrected chi connectivity index (χ3v) is 5.73. The highest BCUT2D eigenvalue weighted by atomic mass is 35.5. The number of rotatable bonds is 6. The van der Waals surface area contributed by atoms with Crippen molar-refractivity contribution in [3.8, 4) is 0 Å². The highest BCUT2D eigenvalue weighted by Gasteiger charge is 2.58. The molecule has 0 aliphatic heterocycles. The molecule has 0 radical (unpaired) electrons. The van der Waals surface area contributed by atoms with E-state index in [2.05, 4.69) is 31.3 Å². The lowest BCUT2D eigenvalue weighted by Crippen LogP contribution is -2.67. The second-order valence-corrected chi connectivity index (χ2v) is 6.94. The minimum atomic E-state index is 0.397. The van der Waals surface area contributed by atoms with E-state index in [1.807, 2.05) is 12.1 Å². The topological polar surface area (TPSA) is 21.3 Å². The van der Waals surface area contributed by atoms with Crippen molar-refractivity contribution in [2.75, 3.05) is 6.61 Å². The molecule has 0 aromatic heterocycles. The molecule has 1 N–H and O–H groups in total. The Hall–Kier alpha value is -0.570. The van der Waals surface area contributed by atoms with Gasteiger partial charge in [0.15, 0.2) is 0 Å². The number of nitrogens with one attached hydrogen (secondary N) is 1. The monoisotopic (exact) mass is 307 g/mol. The molecule has 0 bridgehead atoms. The van der Waals surface area contributed by atoms with Gasteiger partial charge in [-0.3, -0.25) is 0 Å². The van der Waals surface area contributed by atoms with Crippen LogP contribution in [0.1, 0.15) is 57.6 Å². The largest absolute Gasteiger partial charge is 0.378 e. The zero-order valence-electron chi connectivity index (χ0n) is 13.1. The van der Waals surface area contributed by atoms with Crippen molar-refractivity contribution in [3.05, 3.63) is 34.9 Å².